The molecule has 0 aliphatic carbocycles. The minimum atomic E-state index is -0.980. The molecule has 8 heteroatoms. The summed E-state index contributed by atoms with van der Waals surface area (Å²) in [6, 6.07) is 6.29. The van der Waals surface area contributed by atoms with E-state index in [1.54, 1.807) is 12.1 Å². The maximum atomic E-state index is 11.0. The SMILES string of the molecule is Nn1c(Cc2ccc([NH+]([O-])O)cc2)n[nH]c1=O. The highest BCUT2D eigenvalue weighted by atomic mass is 16.8. The molecule has 0 radical (unpaired) electrons. The first-order valence-corrected chi connectivity index (χ1v) is 4.81. The summed E-state index contributed by atoms with van der Waals surface area (Å²) in [7, 11) is 0. The number of nitrogens with zero attached hydrogens (tertiary/aromatic N) is 2. The van der Waals surface area contributed by atoms with Gasteiger partial charge in [-0.1, -0.05) is 12.1 Å². The van der Waals surface area contributed by atoms with E-state index in [2.05, 4.69) is 10.2 Å². The van der Waals surface area contributed by atoms with Gasteiger partial charge in [0.25, 0.3) is 0 Å². The summed E-state index contributed by atoms with van der Waals surface area (Å²) in [5, 5.41) is 24.4. The Labute approximate surface area is 95.4 Å². The summed E-state index contributed by atoms with van der Waals surface area (Å²) >= 11 is 0. The van der Waals surface area contributed by atoms with Gasteiger partial charge in [0, 0.05) is 18.6 Å². The Hall–Kier alpha value is -2.16. The van der Waals surface area contributed by atoms with Crippen LogP contribution in [0.4, 0.5) is 5.69 Å². The second-order valence-electron chi connectivity index (χ2n) is 3.49. The highest BCUT2D eigenvalue weighted by molar-refractivity contribution is 5.33. The molecule has 0 saturated heterocycles. The lowest BCUT2D eigenvalue weighted by atomic mass is 10.1. The topological polar surface area (TPSA) is 124 Å². The van der Waals surface area contributed by atoms with Crippen molar-refractivity contribution in [3.63, 3.8) is 0 Å². The highest BCUT2D eigenvalue weighted by Crippen LogP contribution is 2.08. The molecule has 1 unspecified atom stereocenters. The number of nitrogen functional groups attached to an aromatic ring is 1. The molecule has 1 atom stereocenters. The van der Waals surface area contributed by atoms with Gasteiger partial charge in [-0.3, -0.25) is 0 Å². The third-order valence-electron chi connectivity index (χ3n) is 2.34. The standard InChI is InChI=1S/C9H11N5O3/c10-13-8(11-12-9(13)15)5-6-1-3-7(4-2-6)14(16)17/h1-4,14,16H,5,10H2,(H,12,15). The van der Waals surface area contributed by atoms with E-state index in [1.807, 2.05) is 0 Å². The second-order valence-corrected chi connectivity index (χ2v) is 3.49. The molecule has 2 rings (SSSR count). The van der Waals surface area contributed by atoms with Gasteiger partial charge in [0.05, 0.1) is 0 Å². The van der Waals surface area contributed by atoms with Gasteiger partial charge >= 0.3 is 5.69 Å². The van der Waals surface area contributed by atoms with Gasteiger partial charge < -0.3 is 11.0 Å². The number of aromatic nitrogens is 3. The van der Waals surface area contributed by atoms with Crippen LogP contribution in [0.3, 0.4) is 0 Å². The number of aromatic amines is 1. The predicted octanol–water partition coefficient (Wildman–Crippen LogP) is -1.72. The summed E-state index contributed by atoms with van der Waals surface area (Å²) in [4.78, 5) is 11.0. The molecule has 0 aliphatic rings. The molecular weight excluding hydrogens is 226 g/mol. The van der Waals surface area contributed by atoms with E-state index < -0.39 is 10.9 Å². The van der Waals surface area contributed by atoms with E-state index in [9.17, 15) is 10.0 Å². The number of quaternary nitrogens is 1. The maximum Gasteiger partial charge on any atom is 0.361 e. The lowest BCUT2D eigenvalue weighted by Gasteiger charge is -2.11. The number of benzene rings is 1. The zero-order valence-electron chi connectivity index (χ0n) is 8.75. The minimum Gasteiger partial charge on any atom is -0.595 e. The molecule has 0 spiro atoms. The molecule has 8 nitrogen and oxygen atoms in total. The molecule has 0 bridgehead atoms. The predicted molar refractivity (Wildman–Crippen MR) is 58.0 cm³/mol. The Morgan fingerprint density at radius 2 is 2.12 bits per heavy atom. The largest absolute Gasteiger partial charge is 0.595 e. The normalized spacial score (nSPS) is 12.6. The Morgan fingerprint density at radius 3 is 2.59 bits per heavy atom. The molecule has 2 aromatic rings. The molecule has 5 N–H and O–H groups in total. The number of hydrogen-bond acceptors (Lipinski definition) is 5. The molecule has 1 aromatic carbocycles. The lowest BCUT2D eigenvalue weighted by Crippen LogP contribution is -2.99. The van der Waals surface area contributed by atoms with Crippen molar-refractivity contribution in [2.45, 2.75) is 6.42 Å². The van der Waals surface area contributed by atoms with Crippen molar-refractivity contribution in [2.75, 3.05) is 5.84 Å². The van der Waals surface area contributed by atoms with Crippen LogP contribution >= 0.6 is 0 Å². The van der Waals surface area contributed by atoms with Crippen LogP contribution in [0, 0.1) is 5.21 Å². The summed E-state index contributed by atoms with van der Waals surface area (Å²) in [5.41, 5.74) is 0.545. The Balaban J connectivity index is 2.19. The van der Waals surface area contributed by atoms with Gasteiger partial charge in [-0.15, -0.1) is 0 Å². The first kappa shape index (κ1) is 11.3. The maximum absolute atomic E-state index is 11.0. The van der Waals surface area contributed by atoms with Gasteiger partial charge in [-0.2, -0.15) is 15.0 Å². The van der Waals surface area contributed by atoms with Crippen molar-refractivity contribution < 1.29 is 10.4 Å². The van der Waals surface area contributed by atoms with Gasteiger partial charge in [0.2, 0.25) is 0 Å². The van der Waals surface area contributed by atoms with Gasteiger partial charge in [-0.05, 0) is 5.56 Å². The molecule has 0 amide bonds. The zero-order chi connectivity index (χ0) is 12.4. The average molecular weight is 237 g/mol. The number of rotatable bonds is 3. The van der Waals surface area contributed by atoms with E-state index in [1.165, 1.54) is 12.1 Å². The third kappa shape index (κ3) is 2.33. The lowest BCUT2D eigenvalue weighted by molar-refractivity contribution is -0.991. The van der Waals surface area contributed by atoms with Crippen LogP contribution in [-0.2, 0) is 6.42 Å². The van der Waals surface area contributed by atoms with Crippen molar-refractivity contribution in [1.82, 2.24) is 14.9 Å². The average Bonchev–Trinajstić information content (AvgIpc) is 2.62. The molecule has 0 fully saturated rings. The molecule has 0 saturated carbocycles. The number of H-pyrrole nitrogens is 1. The van der Waals surface area contributed by atoms with Crippen molar-refractivity contribution in [3.05, 3.63) is 51.3 Å². The monoisotopic (exact) mass is 237 g/mol. The summed E-state index contributed by atoms with van der Waals surface area (Å²) in [5.74, 6) is 5.83. The first-order chi connectivity index (χ1) is 8.08. The van der Waals surface area contributed by atoms with Crippen LogP contribution < -0.4 is 16.8 Å². The number of nitrogens with one attached hydrogen (secondary N) is 2. The summed E-state index contributed by atoms with van der Waals surface area (Å²) < 4.78 is 0.922. The van der Waals surface area contributed by atoms with E-state index >= 15 is 0 Å². The highest BCUT2D eigenvalue weighted by Gasteiger charge is 2.07. The van der Waals surface area contributed by atoms with Crippen LogP contribution in [0.1, 0.15) is 11.4 Å². The van der Waals surface area contributed by atoms with Gasteiger partial charge in [0.1, 0.15) is 0 Å². The van der Waals surface area contributed by atoms with Crippen LogP contribution in [0.15, 0.2) is 29.1 Å². The van der Waals surface area contributed by atoms with Crippen molar-refractivity contribution >= 4 is 5.69 Å². The third-order valence-corrected chi connectivity index (χ3v) is 2.34. The number of nitrogens with two attached hydrogens (primary N) is 1. The van der Waals surface area contributed by atoms with Crippen LogP contribution in [0.2, 0.25) is 0 Å². The first-order valence-electron chi connectivity index (χ1n) is 4.81. The smallest absolute Gasteiger partial charge is 0.361 e. The zero-order valence-corrected chi connectivity index (χ0v) is 8.75. The van der Waals surface area contributed by atoms with Crippen LogP contribution in [0.25, 0.3) is 0 Å². The molecule has 0 aliphatic heterocycles. The molecular formula is C9H11N5O3. The van der Waals surface area contributed by atoms with E-state index in [4.69, 9.17) is 11.0 Å². The molecule has 17 heavy (non-hydrogen) atoms. The van der Waals surface area contributed by atoms with Crippen molar-refractivity contribution in [1.29, 1.82) is 0 Å². The van der Waals surface area contributed by atoms with E-state index in [0.29, 0.717) is 12.2 Å². The Kier molecular flexibility index (Phi) is 2.91. The molecule has 1 aromatic heterocycles. The quantitative estimate of drug-likeness (QED) is 0.373. The van der Waals surface area contributed by atoms with Crippen LogP contribution in [-0.4, -0.2) is 20.1 Å². The fourth-order valence-electron chi connectivity index (χ4n) is 1.41. The van der Waals surface area contributed by atoms with Crippen molar-refractivity contribution in [3.8, 4) is 0 Å². The van der Waals surface area contributed by atoms with E-state index in [0.717, 1.165) is 10.2 Å². The van der Waals surface area contributed by atoms with Gasteiger partial charge in [0.15, 0.2) is 11.5 Å². The Bertz CT molecular complexity index is 557. The minimum absolute atomic E-state index is 0.209. The van der Waals surface area contributed by atoms with Crippen LogP contribution in [0.5, 0.6) is 0 Å². The van der Waals surface area contributed by atoms with Crippen molar-refractivity contribution in [2.24, 2.45) is 0 Å². The fourth-order valence-corrected chi connectivity index (χ4v) is 1.41. The Morgan fingerprint density at radius 1 is 1.47 bits per heavy atom. The second kappa shape index (κ2) is 4.37. The van der Waals surface area contributed by atoms with E-state index in [-0.39, 0.29) is 5.69 Å². The molecule has 90 valence electrons. The summed E-state index contributed by atoms with van der Waals surface area (Å²) in [6.07, 6.45) is 0.356. The number of hydrogen-bond donors (Lipinski definition) is 4. The summed E-state index contributed by atoms with van der Waals surface area (Å²) in [6.45, 7) is 0. The molecule has 1 heterocycles. The van der Waals surface area contributed by atoms with Gasteiger partial charge in [-0.25, -0.2) is 15.1 Å². The fraction of sp³-hybridized carbons (Fsp3) is 0.111.